The van der Waals surface area contributed by atoms with Crippen molar-refractivity contribution in [2.45, 2.75) is 253 Å². The number of aliphatic carboxylic acids is 1. The van der Waals surface area contributed by atoms with E-state index >= 15 is 0 Å². The number of carboxylic acid groups (broad SMARTS) is 1. The number of hydrogen-bond donors (Lipinski definition) is 2. The van der Waals surface area contributed by atoms with Crippen LogP contribution in [0.4, 0.5) is 0 Å². The van der Waals surface area contributed by atoms with E-state index < -0.39 is 5.97 Å². The van der Waals surface area contributed by atoms with E-state index in [1.807, 2.05) is 0 Å². The van der Waals surface area contributed by atoms with E-state index in [4.69, 9.17) is 11.3 Å². The second kappa shape index (κ2) is 29.8. The van der Waals surface area contributed by atoms with Crippen molar-refractivity contribution in [3.63, 3.8) is 0 Å². The Morgan fingerprint density at radius 3 is 1.20 bits per heavy atom. The minimum absolute atomic E-state index is 0.0231. The normalized spacial score (nSPS) is 35.8. The van der Waals surface area contributed by atoms with E-state index in [0.717, 1.165) is 136 Å². The van der Waals surface area contributed by atoms with E-state index in [1.54, 1.807) is 35.7 Å². The fourth-order valence-electron chi connectivity index (χ4n) is 20.6. The summed E-state index contributed by atoms with van der Waals surface area (Å²) in [5.41, 5.74) is 8.02. The zero-order valence-corrected chi connectivity index (χ0v) is 58.5. The molecule has 8 aliphatic rings. The van der Waals surface area contributed by atoms with Gasteiger partial charge in [-0.05, 0) is 218 Å². The Labute approximate surface area is 526 Å². The maximum absolute atomic E-state index is 12.5. The third kappa shape index (κ3) is 15.4. The number of aromatic nitrogens is 1. The van der Waals surface area contributed by atoms with Gasteiger partial charge < -0.3 is 20.0 Å². The summed E-state index contributed by atoms with van der Waals surface area (Å²) in [7, 11) is 1.51. The van der Waals surface area contributed by atoms with Crippen molar-refractivity contribution in [2.24, 2.45) is 128 Å². The van der Waals surface area contributed by atoms with Crippen LogP contribution in [-0.4, -0.2) is 47.1 Å². The number of rotatable bonds is 12. The van der Waals surface area contributed by atoms with Gasteiger partial charge in [-0.25, -0.2) is 6.57 Å². The number of allylic oxidation sites excluding steroid dienone is 6. The fraction of sp³-hybridized carbons (Fsp3) is 0.782. The number of carboxylic acids is 1. The highest BCUT2D eigenvalue weighted by atomic mass is 16.5. The molecule has 4 saturated carbocycles. The number of pyridine rings is 1. The van der Waals surface area contributed by atoms with E-state index in [9.17, 15) is 19.5 Å². The first-order valence-corrected chi connectivity index (χ1v) is 35.0. The van der Waals surface area contributed by atoms with Crippen LogP contribution in [0.2, 0.25) is 0 Å². The number of nitrogens with one attached hydrogen (secondary N) is 1. The molecule has 1 aromatic rings. The molecule has 16 atom stereocenters. The number of esters is 1. The van der Waals surface area contributed by atoms with Gasteiger partial charge >= 0.3 is 11.9 Å². The van der Waals surface area contributed by atoms with Gasteiger partial charge in [0.25, 0.3) is 5.91 Å². The molecule has 4 fully saturated rings. The lowest BCUT2D eigenvalue weighted by Crippen LogP contribution is -2.48. The molecular formula is C78H125N3O5. The summed E-state index contributed by atoms with van der Waals surface area (Å²) in [6, 6.07) is 4.06. The number of amides is 1. The van der Waals surface area contributed by atoms with Crippen LogP contribution >= 0.6 is 0 Å². The van der Waals surface area contributed by atoms with Gasteiger partial charge in [-0.1, -0.05) is 185 Å². The van der Waals surface area contributed by atoms with Crippen molar-refractivity contribution in [3.05, 3.63) is 88.1 Å². The van der Waals surface area contributed by atoms with Crippen LogP contribution in [0.5, 0.6) is 0 Å². The standard InChI is InChI=1S/C23H34N2O.C19H32O2.C18H29N.C18H30O2/c1-15(2)20-7-6-18-14-19(8-11-23(18,5)21(20)16(3)4)25-22(26)17-9-12-24-13-10-17;1-12(2)16-8-7-15-11-14(18(20)21-6)9-10-19(15,5)17(16)13(3)4;1-12(2)16-8-7-14-11-15(19-6)9-10-18(14,5)17(16)13(3)4;1-11(2)15-7-6-14-10-13(17(19)20)8-9-18(14,5)16(15)12(3)4/h6,9-10,12-13,15-16,19-21H,7-8,11,14H2,1-5H3,(H,25,26);7,12-14,16-17H,8-11H2,1-6H3;7,12-13,15-17H,8-11H2,1-5H3;6,11-13,15-16H,7-10H2,1-5H3,(H,19,20)/t19-,20?,21?,23-;14-,16?,17?,19-;15-,16?,17?,18-;13-,15?,16?,18-/m0000/s1. The highest BCUT2D eigenvalue weighted by Crippen LogP contribution is 2.61. The van der Waals surface area contributed by atoms with Crippen LogP contribution in [0.3, 0.4) is 0 Å². The highest BCUT2D eigenvalue weighted by molar-refractivity contribution is 5.94. The van der Waals surface area contributed by atoms with Crippen molar-refractivity contribution in [2.75, 3.05) is 7.11 Å². The predicted octanol–water partition coefficient (Wildman–Crippen LogP) is 20.2. The molecule has 1 aromatic heterocycles. The number of ether oxygens (including phenoxy) is 1. The molecule has 8 nitrogen and oxygen atoms in total. The monoisotopic (exact) mass is 1180 g/mol. The molecule has 482 valence electrons. The first-order valence-electron chi connectivity index (χ1n) is 35.0. The van der Waals surface area contributed by atoms with Gasteiger partial charge in [-0.3, -0.25) is 19.4 Å². The summed E-state index contributed by atoms with van der Waals surface area (Å²) in [4.78, 5) is 43.5. The van der Waals surface area contributed by atoms with E-state index in [1.165, 1.54) is 50.4 Å². The smallest absolute Gasteiger partial charge is 0.308 e. The second-order valence-corrected chi connectivity index (χ2v) is 32.7. The summed E-state index contributed by atoms with van der Waals surface area (Å²) < 4.78 is 4.97. The molecule has 1 amide bonds. The van der Waals surface area contributed by atoms with E-state index in [2.05, 4.69) is 178 Å². The third-order valence-electron chi connectivity index (χ3n) is 24.8. The number of methoxy groups -OCH3 is 1. The summed E-state index contributed by atoms with van der Waals surface area (Å²) in [6.45, 7) is 55.1. The van der Waals surface area contributed by atoms with Gasteiger partial charge in [-0.15, -0.1) is 0 Å². The molecule has 8 unspecified atom stereocenters. The van der Waals surface area contributed by atoms with Gasteiger partial charge in [0.05, 0.1) is 18.9 Å². The van der Waals surface area contributed by atoms with Crippen molar-refractivity contribution in [1.29, 1.82) is 0 Å². The Balaban J connectivity index is 0.000000185. The molecule has 8 heteroatoms. The van der Waals surface area contributed by atoms with Gasteiger partial charge in [-0.2, -0.15) is 0 Å². The lowest BCUT2D eigenvalue weighted by Gasteiger charge is -2.53. The van der Waals surface area contributed by atoms with Crippen LogP contribution < -0.4 is 5.32 Å². The second-order valence-electron chi connectivity index (χ2n) is 32.7. The minimum atomic E-state index is -0.611. The minimum Gasteiger partial charge on any atom is -0.481 e. The fourth-order valence-corrected chi connectivity index (χ4v) is 20.6. The lowest BCUT2D eigenvalue weighted by atomic mass is 9.51. The van der Waals surface area contributed by atoms with E-state index in [-0.39, 0.29) is 46.6 Å². The third-order valence-corrected chi connectivity index (χ3v) is 24.8. The first-order chi connectivity index (χ1) is 40.3. The summed E-state index contributed by atoms with van der Waals surface area (Å²) in [6.07, 6.45) is 30.2. The van der Waals surface area contributed by atoms with Gasteiger partial charge in [0.2, 0.25) is 6.04 Å². The van der Waals surface area contributed by atoms with Crippen LogP contribution in [0.1, 0.15) is 252 Å². The van der Waals surface area contributed by atoms with Crippen LogP contribution in [0, 0.1) is 135 Å². The predicted molar refractivity (Wildman–Crippen MR) is 358 cm³/mol. The molecule has 0 radical (unpaired) electrons. The molecule has 0 saturated heterocycles. The maximum atomic E-state index is 12.5. The number of nitrogens with zero attached hydrogens (tertiary/aromatic N) is 2. The molecule has 9 rings (SSSR count). The zero-order valence-electron chi connectivity index (χ0n) is 58.5. The molecule has 2 N–H and O–H groups in total. The van der Waals surface area contributed by atoms with Crippen molar-refractivity contribution < 1.29 is 24.2 Å². The zero-order chi connectivity index (χ0) is 64.0. The molecular weight excluding hydrogens is 1060 g/mol. The summed E-state index contributed by atoms with van der Waals surface area (Å²) >= 11 is 0. The quantitative estimate of drug-likeness (QED) is 0.123. The molecule has 86 heavy (non-hydrogen) atoms. The largest absolute Gasteiger partial charge is 0.481 e. The average Bonchev–Trinajstić information content (AvgIpc) is 1.14. The SMILES string of the molecule is CC(C)C1CC=C2C[C@@H](C(=O)O)CC[C@]2(C)C1C(C)C.CC(C)C1CC=C2C[C@@H](NC(=O)c3ccncc3)CC[C@]2(C)C1C(C)C.COC(=O)[C@H]1CC[C@@]2(C)C(=CCC(C(C)C)C2C(C)C)C1.[C-]#[N+][C@H]1CC[C@@]2(C)C(=CCC(C(C)C)C2C(C)C)C1. The van der Waals surface area contributed by atoms with Crippen molar-refractivity contribution in [1.82, 2.24) is 10.3 Å². The lowest BCUT2D eigenvalue weighted by molar-refractivity contribution is -0.147. The van der Waals surface area contributed by atoms with Gasteiger partial charge in [0.15, 0.2) is 0 Å². The highest BCUT2D eigenvalue weighted by Gasteiger charge is 2.53. The Bertz CT molecular complexity index is 2590. The topological polar surface area (TPSA) is 110 Å². The van der Waals surface area contributed by atoms with Crippen molar-refractivity contribution in [3.8, 4) is 0 Å². The molecule has 0 aromatic carbocycles. The molecule has 1 heterocycles. The summed E-state index contributed by atoms with van der Waals surface area (Å²) in [5, 5.41) is 12.6. The molecule has 0 aliphatic heterocycles. The number of carbonyl (C=O) groups is 3. The Morgan fingerprint density at radius 1 is 0.512 bits per heavy atom. The first kappa shape index (κ1) is 71.1. The van der Waals surface area contributed by atoms with Gasteiger partial charge in [0.1, 0.15) is 0 Å². The van der Waals surface area contributed by atoms with Crippen LogP contribution in [0.25, 0.3) is 4.85 Å². The Kier molecular flexibility index (Phi) is 24.6. The molecule has 0 spiro atoms. The van der Waals surface area contributed by atoms with Gasteiger partial charge in [0, 0.05) is 36.8 Å². The van der Waals surface area contributed by atoms with Crippen LogP contribution in [-0.2, 0) is 14.3 Å². The average molecular weight is 1180 g/mol. The number of hydrogen-bond acceptors (Lipinski definition) is 5. The number of carbonyl (C=O) groups excluding carboxylic acids is 2. The Morgan fingerprint density at radius 2 is 0.849 bits per heavy atom. The number of fused-ring (bicyclic) bond motifs is 4. The van der Waals surface area contributed by atoms with Crippen LogP contribution in [0.15, 0.2) is 71.1 Å². The Hall–Kier alpha value is -3.99. The summed E-state index contributed by atoms with van der Waals surface area (Å²) in [5.74, 6) is 11.1. The molecule has 0 bridgehead atoms. The maximum Gasteiger partial charge on any atom is 0.308 e. The molecule has 8 aliphatic carbocycles. The van der Waals surface area contributed by atoms with E-state index in [0.29, 0.717) is 46.0 Å². The van der Waals surface area contributed by atoms with Crippen molar-refractivity contribution >= 4 is 17.8 Å².